The molecule has 0 aromatic heterocycles. The molecule has 1 aliphatic heterocycles. The maximum atomic E-state index is 13.2. The molecule has 158 valence electrons. The highest BCUT2D eigenvalue weighted by molar-refractivity contribution is 6.36. The monoisotopic (exact) mass is 401 g/mol. The van der Waals surface area contributed by atoms with Gasteiger partial charge in [-0.25, -0.2) is 0 Å². The number of aliphatic hydroxyl groups excluding tert-OH is 1. The lowest BCUT2D eigenvalue weighted by molar-refractivity contribution is -0.142. The Kier molecular flexibility index (Phi) is 7.39. The summed E-state index contributed by atoms with van der Waals surface area (Å²) in [4.78, 5) is 38.4. The average Bonchev–Trinajstić information content (AvgIpc) is 2.78. The molecule has 1 saturated carbocycles. The molecule has 1 heterocycles. The van der Waals surface area contributed by atoms with E-state index in [1.54, 1.807) is 0 Å². The summed E-state index contributed by atoms with van der Waals surface area (Å²) in [7, 11) is 0. The lowest BCUT2D eigenvalue weighted by Gasteiger charge is -2.38. The summed E-state index contributed by atoms with van der Waals surface area (Å²) in [6, 6.07) is 8.02. The fourth-order valence-electron chi connectivity index (χ4n) is 4.56. The average molecular weight is 402 g/mol. The van der Waals surface area contributed by atoms with Crippen LogP contribution in [0.25, 0.3) is 0 Å². The van der Waals surface area contributed by atoms with E-state index in [4.69, 9.17) is 10.8 Å². The smallest absolute Gasteiger partial charge is 0.290 e. The molecule has 7 nitrogen and oxygen atoms in total. The lowest BCUT2D eigenvalue weighted by Crippen LogP contribution is -2.52. The molecular formula is C22H31N3O4. The fourth-order valence-corrected chi connectivity index (χ4v) is 4.56. The van der Waals surface area contributed by atoms with Crippen LogP contribution in [0.15, 0.2) is 24.3 Å². The molecule has 2 atom stereocenters. The number of rotatable bonds is 6. The van der Waals surface area contributed by atoms with Gasteiger partial charge in [0.1, 0.15) is 6.61 Å². The van der Waals surface area contributed by atoms with Gasteiger partial charge in [0.25, 0.3) is 5.91 Å². The quantitative estimate of drug-likeness (QED) is 0.618. The maximum Gasteiger partial charge on any atom is 0.290 e. The Bertz CT molecular complexity index is 743. The van der Waals surface area contributed by atoms with Crippen LogP contribution in [-0.2, 0) is 20.9 Å². The number of carbonyl (C=O) groups excluding carboxylic acids is 3. The first-order valence-electron chi connectivity index (χ1n) is 10.6. The number of nitrogens with zero attached hydrogens (tertiary/aromatic N) is 1. The van der Waals surface area contributed by atoms with Gasteiger partial charge in [-0.15, -0.1) is 0 Å². The predicted octanol–water partition coefficient (Wildman–Crippen LogP) is 1.09. The molecule has 29 heavy (non-hydrogen) atoms. The van der Waals surface area contributed by atoms with Gasteiger partial charge in [-0.05, 0) is 42.7 Å². The predicted molar refractivity (Wildman–Crippen MR) is 109 cm³/mol. The summed E-state index contributed by atoms with van der Waals surface area (Å²) >= 11 is 0. The number of piperidine rings is 1. The minimum Gasteiger partial charge on any atom is -0.388 e. The Morgan fingerprint density at radius 1 is 1.10 bits per heavy atom. The number of amides is 2. The van der Waals surface area contributed by atoms with E-state index < -0.39 is 18.3 Å². The van der Waals surface area contributed by atoms with Crippen molar-refractivity contribution in [3.8, 4) is 0 Å². The van der Waals surface area contributed by atoms with Crippen molar-refractivity contribution >= 4 is 17.6 Å². The molecule has 2 aliphatic rings. The Balaban J connectivity index is 1.59. The van der Waals surface area contributed by atoms with E-state index in [0.717, 1.165) is 37.7 Å². The van der Waals surface area contributed by atoms with Crippen molar-refractivity contribution < 1.29 is 19.5 Å². The molecular weight excluding hydrogens is 370 g/mol. The number of aliphatic hydroxyl groups is 1. The molecule has 0 radical (unpaired) electrons. The van der Waals surface area contributed by atoms with Crippen LogP contribution >= 0.6 is 0 Å². The number of benzene rings is 1. The SMILES string of the molecule is NCc1cccc(C2CCN(C(=O)C3CCCCC3NC(=O)C(=O)CO)CC2)c1. The Hall–Kier alpha value is -2.25. The van der Waals surface area contributed by atoms with E-state index in [0.29, 0.717) is 32.0 Å². The van der Waals surface area contributed by atoms with Crippen LogP contribution < -0.4 is 11.1 Å². The van der Waals surface area contributed by atoms with E-state index in [-0.39, 0.29) is 17.9 Å². The third kappa shape index (κ3) is 5.22. The van der Waals surface area contributed by atoms with Crippen LogP contribution in [0.2, 0.25) is 0 Å². The zero-order valence-electron chi connectivity index (χ0n) is 16.8. The Morgan fingerprint density at radius 2 is 1.83 bits per heavy atom. The van der Waals surface area contributed by atoms with Crippen molar-refractivity contribution in [1.82, 2.24) is 10.2 Å². The number of carbonyl (C=O) groups is 3. The number of nitrogens with two attached hydrogens (primary N) is 1. The Morgan fingerprint density at radius 3 is 2.52 bits per heavy atom. The van der Waals surface area contributed by atoms with E-state index >= 15 is 0 Å². The van der Waals surface area contributed by atoms with Crippen molar-refractivity contribution in [2.24, 2.45) is 11.7 Å². The van der Waals surface area contributed by atoms with Gasteiger partial charge in [0.15, 0.2) is 0 Å². The molecule has 2 amide bonds. The summed E-state index contributed by atoms with van der Waals surface area (Å²) in [5.74, 6) is -1.45. The number of likely N-dealkylation sites (tertiary alicyclic amines) is 1. The standard InChI is InChI=1S/C22H31N3O4/c23-13-15-4-3-5-17(12-15)16-8-10-25(11-9-16)22(29)18-6-1-2-7-19(18)24-21(28)20(27)14-26/h3-5,12,16,18-19,26H,1-2,6-11,13-14,23H2,(H,24,28). The molecule has 0 bridgehead atoms. The normalized spacial score (nSPS) is 22.9. The van der Waals surface area contributed by atoms with Crippen LogP contribution in [0.4, 0.5) is 0 Å². The van der Waals surface area contributed by atoms with Crippen LogP contribution in [0.1, 0.15) is 55.6 Å². The highest BCUT2D eigenvalue weighted by Gasteiger charge is 2.36. The van der Waals surface area contributed by atoms with Crippen LogP contribution in [0.3, 0.4) is 0 Å². The lowest BCUT2D eigenvalue weighted by atomic mass is 9.82. The second kappa shape index (κ2) is 9.98. The van der Waals surface area contributed by atoms with E-state index in [1.165, 1.54) is 5.56 Å². The van der Waals surface area contributed by atoms with Gasteiger partial charge in [-0.3, -0.25) is 14.4 Å². The van der Waals surface area contributed by atoms with Crippen molar-refractivity contribution in [2.45, 2.75) is 57.0 Å². The molecule has 2 unspecified atom stereocenters. The third-order valence-corrected chi connectivity index (χ3v) is 6.26. The highest BCUT2D eigenvalue weighted by Crippen LogP contribution is 2.32. The molecule has 3 rings (SSSR count). The van der Waals surface area contributed by atoms with Crippen molar-refractivity contribution in [1.29, 1.82) is 0 Å². The molecule has 4 N–H and O–H groups in total. The summed E-state index contributed by atoms with van der Waals surface area (Å²) in [6.07, 6.45) is 5.08. The molecule has 1 aliphatic carbocycles. The van der Waals surface area contributed by atoms with Crippen LogP contribution in [-0.4, -0.2) is 53.3 Å². The third-order valence-electron chi connectivity index (χ3n) is 6.26. The first-order valence-corrected chi connectivity index (χ1v) is 10.6. The zero-order chi connectivity index (χ0) is 20.8. The number of ketones is 1. The van der Waals surface area contributed by atoms with Gasteiger partial charge in [-0.2, -0.15) is 0 Å². The second-order valence-corrected chi connectivity index (χ2v) is 8.10. The van der Waals surface area contributed by atoms with Gasteiger partial charge in [0, 0.05) is 25.7 Å². The van der Waals surface area contributed by atoms with Crippen LogP contribution in [0.5, 0.6) is 0 Å². The second-order valence-electron chi connectivity index (χ2n) is 8.10. The summed E-state index contributed by atoms with van der Waals surface area (Å²) < 4.78 is 0. The maximum absolute atomic E-state index is 13.2. The van der Waals surface area contributed by atoms with Crippen LogP contribution in [0, 0.1) is 5.92 Å². The minimum atomic E-state index is -0.859. The van der Waals surface area contributed by atoms with Crippen molar-refractivity contribution in [3.05, 3.63) is 35.4 Å². The van der Waals surface area contributed by atoms with E-state index in [9.17, 15) is 14.4 Å². The molecule has 1 saturated heterocycles. The first kappa shape index (κ1) is 21.5. The number of hydrogen-bond acceptors (Lipinski definition) is 5. The van der Waals surface area contributed by atoms with E-state index in [2.05, 4.69) is 17.4 Å². The van der Waals surface area contributed by atoms with Gasteiger partial charge < -0.3 is 21.1 Å². The molecule has 1 aromatic rings. The number of Topliss-reactive ketones (excluding diaryl/α,β-unsaturated/α-hetero) is 1. The topological polar surface area (TPSA) is 113 Å². The largest absolute Gasteiger partial charge is 0.388 e. The molecule has 2 fully saturated rings. The van der Waals surface area contributed by atoms with Gasteiger partial charge >= 0.3 is 0 Å². The van der Waals surface area contributed by atoms with Gasteiger partial charge in [-0.1, -0.05) is 37.1 Å². The zero-order valence-corrected chi connectivity index (χ0v) is 16.8. The molecule has 1 aromatic carbocycles. The summed E-state index contributed by atoms with van der Waals surface area (Å²) in [5, 5.41) is 11.6. The number of nitrogens with one attached hydrogen (secondary N) is 1. The van der Waals surface area contributed by atoms with Crippen molar-refractivity contribution in [3.63, 3.8) is 0 Å². The highest BCUT2D eigenvalue weighted by atomic mass is 16.3. The molecule has 0 spiro atoms. The first-order chi connectivity index (χ1) is 14.0. The molecule has 7 heteroatoms. The minimum absolute atomic E-state index is 0.0700. The summed E-state index contributed by atoms with van der Waals surface area (Å²) in [5.41, 5.74) is 8.16. The van der Waals surface area contributed by atoms with Crippen molar-refractivity contribution in [2.75, 3.05) is 19.7 Å². The fraction of sp³-hybridized carbons (Fsp3) is 0.591. The van der Waals surface area contributed by atoms with Gasteiger partial charge in [0.2, 0.25) is 11.7 Å². The van der Waals surface area contributed by atoms with E-state index in [1.807, 2.05) is 17.0 Å². The summed E-state index contributed by atoms with van der Waals surface area (Å²) in [6.45, 7) is 1.11. The Labute approximate surface area is 171 Å². The number of hydrogen-bond donors (Lipinski definition) is 3. The van der Waals surface area contributed by atoms with Gasteiger partial charge in [0.05, 0.1) is 5.92 Å².